The number of aryl methyl sites for hydroxylation is 4. The second kappa shape index (κ2) is 36.5. The summed E-state index contributed by atoms with van der Waals surface area (Å²) < 4.78 is 14.6. The summed E-state index contributed by atoms with van der Waals surface area (Å²) in [5, 5.41) is 16.8. The van der Waals surface area contributed by atoms with E-state index in [4.69, 9.17) is 14.0 Å². The zero-order chi connectivity index (χ0) is 39.4. The maximum Gasteiger partial charge on any atom is 0.287 e. The Labute approximate surface area is 320 Å². The number of methoxy groups -OCH3 is 1. The van der Waals surface area contributed by atoms with E-state index in [2.05, 4.69) is 71.6 Å². The second-order valence-electron chi connectivity index (χ2n) is 12.7. The summed E-state index contributed by atoms with van der Waals surface area (Å²) in [4.78, 5) is 24.5. The molecule has 0 atom stereocenters. The van der Waals surface area contributed by atoms with Crippen molar-refractivity contribution in [2.75, 3.05) is 86.8 Å². The number of hydrogen-bond donors (Lipinski definition) is 0. The molecule has 0 spiro atoms. The van der Waals surface area contributed by atoms with Crippen molar-refractivity contribution < 1.29 is 18.9 Å². The lowest BCUT2D eigenvalue weighted by molar-refractivity contribution is -0.385. The van der Waals surface area contributed by atoms with Gasteiger partial charge in [-0.2, -0.15) is 0 Å². The molecule has 2 saturated heterocycles. The van der Waals surface area contributed by atoms with Crippen LogP contribution in [-0.2, 0) is 9.47 Å². The molecule has 300 valence electrons. The molecule has 12 nitrogen and oxygen atoms in total. The van der Waals surface area contributed by atoms with E-state index in [1.165, 1.54) is 83.5 Å². The Kier molecular flexibility index (Phi) is 36.1. The first-order chi connectivity index (χ1) is 24.9. The summed E-state index contributed by atoms with van der Waals surface area (Å²) >= 11 is 1.67. The number of nitrogens with zero attached hydrogens (tertiary/aromatic N) is 7. The fraction of sp³-hybridized carbons (Fsp3) is 0.718. The van der Waals surface area contributed by atoms with E-state index in [1.807, 2.05) is 32.2 Å². The SMILES string of the molecule is CCCCN(C)C.CCCN1CCCC1.CCCN1CCOCC1.CCCOC.Cc1cc(C)on1.Cc1ccc([N+](=O)[O-])cn1.Cc1nccs1. The van der Waals surface area contributed by atoms with Crippen molar-refractivity contribution >= 4 is 17.0 Å². The maximum absolute atomic E-state index is 10.1. The van der Waals surface area contributed by atoms with Crippen LogP contribution in [0.25, 0.3) is 0 Å². The van der Waals surface area contributed by atoms with Crippen molar-refractivity contribution in [1.82, 2.24) is 29.8 Å². The molecule has 0 aliphatic carbocycles. The van der Waals surface area contributed by atoms with Gasteiger partial charge in [0.25, 0.3) is 5.69 Å². The summed E-state index contributed by atoms with van der Waals surface area (Å²) in [6.07, 6.45) is 12.2. The molecule has 2 aliphatic rings. The van der Waals surface area contributed by atoms with Crippen molar-refractivity contribution in [2.24, 2.45) is 0 Å². The van der Waals surface area contributed by atoms with Crippen molar-refractivity contribution in [1.29, 1.82) is 0 Å². The number of likely N-dealkylation sites (tertiary alicyclic amines) is 1. The molecule has 3 aromatic heterocycles. The summed E-state index contributed by atoms with van der Waals surface area (Å²) in [6, 6.07) is 4.93. The number of unbranched alkanes of at least 4 members (excludes halogenated alkanes) is 1. The van der Waals surface area contributed by atoms with E-state index in [0.717, 1.165) is 61.5 Å². The quantitative estimate of drug-likeness (QED) is 0.146. The van der Waals surface area contributed by atoms with Gasteiger partial charge in [-0.25, -0.2) is 0 Å². The van der Waals surface area contributed by atoms with E-state index in [1.54, 1.807) is 37.6 Å². The van der Waals surface area contributed by atoms with Crippen LogP contribution in [0.1, 0.15) is 94.8 Å². The van der Waals surface area contributed by atoms with E-state index in [-0.39, 0.29) is 5.69 Å². The molecule has 0 radical (unpaired) electrons. The highest BCUT2D eigenvalue weighted by atomic mass is 32.1. The Morgan fingerprint density at radius 1 is 0.885 bits per heavy atom. The Bertz CT molecular complexity index is 1130. The summed E-state index contributed by atoms with van der Waals surface area (Å²) in [6.45, 7) is 27.8. The van der Waals surface area contributed by atoms with Gasteiger partial charge in [0.1, 0.15) is 12.0 Å². The molecule has 0 saturated carbocycles. The highest BCUT2D eigenvalue weighted by Gasteiger charge is 2.09. The predicted molar refractivity (Wildman–Crippen MR) is 218 cm³/mol. The molecular formula is C39H73N7O5S. The number of nitro groups is 1. The van der Waals surface area contributed by atoms with Crippen LogP contribution in [0, 0.1) is 37.8 Å². The summed E-state index contributed by atoms with van der Waals surface area (Å²) in [7, 11) is 5.93. The molecule has 2 aliphatic heterocycles. The van der Waals surface area contributed by atoms with Crippen LogP contribution in [0.5, 0.6) is 0 Å². The van der Waals surface area contributed by atoms with Gasteiger partial charge in [0.05, 0.1) is 28.8 Å². The molecule has 13 heteroatoms. The average molecular weight is 752 g/mol. The average Bonchev–Trinajstić information content (AvgIpc) is 3.91. The molecule has 0 aromatic carbocycles. The summed E-state index contributed by atoms with van der Waals surface area (Å²) in [5.41, 5.74) is 1.76. The molecule has 0 N–H and O–H groups in total. The van der Waals surface area contributed by atoms with Gasteiger partial charge in [-0.1, -0.05) is 39.3 Å². The Morgan fingerprint density at radius 3 is 1.79 bits per heavy atom. The molecule has 0 amide bonds. The largest absolute Gasteiger partial charge is 0.385 e. The normalized spacial score (nSPS) is 13.5. The molecular weight excluding hydrogens is 679 g/mol. The van der Waals surface area contributed by atoms with E-state index in [0.29, 0.717) is 0 Å². The highest BCUT2D eigenvalue weighted by Crippen LogP contribution is 2.08. The molecule has 5 rings (SSSR count). The first-order valence-corrected chi connectivity index (χ1v) is 19.8. The van der Waals surface area contributed by atoms with Gasteiger partial charge in [0.2, 0.25) is 0 Å². The van der Waals surface area contributed by atoms with Crippen LogP contribution in [0.15, 0.2) is 40.5 Å². The Hall–Kier alpha value is -2.81. The van der Waals surface area contributed by atoms with Gasteiger partial charge >= 0.3 is 0 Å². The lowest BCUT2D eigenvalue weighted by Gasteiger charge is -2.25. The van der Waals surface area contributed by atoms with Crippen LogP contribution >= 0.6 is 11.3 Å². The van der Waals surface area contributed by atoms with Crippen molar-refractivity contribution in [3.05, 3.63) is 68.2 Å². The number of pyridine rings is 1. The minimum absolute atomic E-state index is 0.0330. The third kappa shape index (κ3) is 34.3. The van der Waals surface area contributed by atoms with Gasteiger partial charge in [0.15, 0.2) is 0 Å². The lowest BCUT2D eigenvalue weighted by atomic mass is 10.3. The van der Waals surface area contributed by atoms with Crippen LogP contribution < -0.4 is 0 Å². The van der Waals surface area contributed by atoms with Crippen LogP contribution in [0.4, 0.5) is 5.69 Å². The van der Waals surface area contributed by atoms with E-state index in [9.17, 15) is 10.1 Å². The maximum atomic E-state index is 10.1. The molecule has 0 unspecified atom stereocenters. The number of hydrogen-bond acceptors (Lipinski definition) is 12. The van der Waals surface area contributed by atoms with Crippen LogP contribution in [-0.4, -0.2) is 122 Å². The van der Waals surface area contributed by atoms with Gasteiger partial charge in [-0.15, -0.1) is 11.3 Å². The zero-order valence-corrected chi connectivity index (χ0v) is 35.4. The van der Waals surface area contributed by atoms with Crippen molar-refractivity contribution in [3.8, 4) is 0 Å². The van der Waals surface area contributed by atoms with Crippen molar-refractivity contribution in [2.45, 2.75) is 100 Å². The third-order valence-electron chi connectivity index (χ3n) is 7.16. The van der Waals surface area contributed by atoms with Crippen molar-refractivity contribution in [3.63, 3.8) is 0 Å². The van der Waals surface area contributed by atoms with Gasteiger partial charge in [-0.3, -0.25) is 25.0 Å². The number of rotatable bonds is 10. The second-order valence-corrected chi connectivity index (χ2v) is 13.8. The van der Waals surface area contributed by atoms with E-state index >= 15 is 0 Å². The fourth-order valence-electron chi connectivity index (χ4n) is 4.50. The number of ether oxygens (including phenoxy) is 2. The predicted octanol–water partition coefficient (Wildman–Crippen LogP) is 8.65. The Balaban J connectivity index is 0. The van der Waals surface area contributed by atoms with E-state index < -0.39 is 4.92 Å². The molecule has 0 bridgehead atoms. The molecule has 2 fully saturated rings. The van der Waals surface area contributed by atoms with Gasteiger partial charge in [-0.05, 0) is 119 Å². The molecule has 52 heavy (non-hydrogen) atoms. The zero-order valence-electron chi connectivity index (χ0n) is 34.6. The number of aromatic nitrogens is 3. The first kappa shape index (κ1) is 51.3. The topological polar surface area (TPSA) is 123 Å². The smallest absolute Gasteiger partial charge is 0.287 e. The number of thiazole rings is 1. The first-order valence-electron chi connectivity index (χ1n) is 18.9. The summed E-state index contributed by atoms with van der Waals surface area (Å²) in [5.74, 6) is 0.873. The third-order valence-corrected chi connectivity index (χ3v) is 7.86. The molecule has 5 heterocycles. The standard InChI is InChI=1S/C7H15NO.C7H15N.C6H6N2O2.C6H15N.C5H7NO.C4H5NS.C4H10O/c1-2-3-8-4-6-9-7-5-8;1-2-5-8-6-3-4-7-8;1-5-2-3-6(4-7-5)8(9)10;1-4-5-6-7(2)3;1-4-3-5(2)7-6-4;1-4-5-2-3-6-4;1-3-4-5-2/h2-7H2,1H3;2-7H2,1H3;2-4H,1H3;4-6H2,1-3H3;3H,1-2H3;2-3H,1H3;3-4H2,1-2H3. The van der Waals surface area contributed by atoms with Crippen LogP contribution in [0.3, 0.4) is 0 Å². The van der Waals surface area contributed by atoms with Crippen LogP contribution in [0.2, 0.25) is 0 Å². The lowest BCUT2D eigenvalue weighted by Crippen LogP contribution is -2.36. The van der Waals surface area contributed by atoms with Gasteiger partial charge < -0.3 is 23.8 Å². The number of morpholine rings is 1. The molecule has 3 aromatic rings. The minimum atomic E-state index is -0.466. The van der Waals surface area contributed by atoms with Gasteiger partial charge in [0, 0.05) is 56.2 Å². The fourth-order valence-corrected chi connectivity index (χ4v) is 4.94. The highest BCUT2D eigenvalue weighted by molar-refractivity contribution is 7.09. The monoisotopic (exact) mass is 752 g/mol. The Morgan fingerprint density at radius 2 is 1.50 bits per heavy atom. The minimum Gasteiger partial charge on any atom is -0.385 e.